The highest BCUT2D eigenvalue weighted by Gasteiger charge is 2.22. The van der Waals surface area contributed by atoms with Crippen molar-refractivity contribution in [1.82, 2.24) is 9.97 Å². The van der Waals surface area contributed by atoms with Gasteiger partial charge in [-0.25, -0.2) is 18.4 Å². The van der Waals surface area contributed by atoms with Gasteiger partial charge >= 0.3 is 0 Å². The first-order valence-corrected chi connectivity index (χ1v) is 8.18. The Morgan fingerprint density at radius 2 is 2.11 bits per heavy atom. The third kappa shape index (κ3) is 2.92. The Kier molecular flexibility index (Phi) is 4.07. The van der Waals surface area contributed by atoms with Crippen LogP contribution < -0.4 is 4.90 Å². The van der Waals surface area contributed by atoms with E-state index in [4.69, 9.17) is 11.6 Å². The molecule has 18 heavy (non-hydrogen) atoms. The molecule has 1 aromatic rings. The molecule has 1 saturated heterocycles. The molecule has 7 heteroatoms. The van der Waals surface area contributed by atoms with Gasteiger partial charge < -0.3 is 4.90 Å². The van der Waals surface area contributed by atoms with Crippen LogP contribution in [0.3, 0.4) is 0 Å². The minimum absolute atomic E-state index is 0.178. The molecule has 1 aliphatic heterocycles. The van der Waals surface area contributed by atoms with Crippen LogP contribution in [0.15, 0.2) is 6.33 Å². The number of hydrogen-bond acceptors (Lipinski definition) is 5. The molecule has 2 rings (SSSR count). The Balaban J connectivity index is 2.29. The molecule has 0 aromatic carbocycles. The highest BCUT2D eigenvalue weighted by molar-refractivity contribution is 7.91. The summed E-state index contributed by atoms with van der Waals surface area (Å²) in [4.78, 5) is 10.2. The largest absolute Gasteiger partial charge is 0.355 e. The maximum atomic E-state index is 11.6. The Bertz CT molecular complexity index is 533. The van der Waals surface area contributed by atoms with Crippen molar-refractivity contribution in [3.63, 3.8) is 0 Å². The van der Waals surface area contributed by atoms with Gasteiger partial charge in [-0.2, -0.15) is 0 Å². The van der Waals surface area contributed by atoms with Crippen molar-refractivity contribution in [3.05, 3.63) is 17.0 Å². The van der Waals surface area contributed by atoms with Gasteiger partial charge in [0, 0.05) is 18.7 Å². The van der Waals surface area contributed by atoms with E-state index in [1.54, 1.807) is 0 Å². The fourth-order valence-electron chi connectivity index (χ4n) is 2.11. The lowest BCUT2D eigenvalue weighted by Gasteiger charge is -2.23. The lowest BCUT2D eigenvalue weighted by molar-refractivity contribution is 0.597. The molecule has 0 atom stereocenters. The van der Waals surface area contributed by atoms with Crippen molar-refractivity contribution in [2.45, 2.75) is 19.8 Å². The van der Waals surface area contributed by atoms with E-state index in [0.717, 1.165) is 17.8 Å². The van der Waals surface area contributed by atoms with Crippen molar-refractivity contribution in [3.8, 4) is 0 Å². The highest BCUT2D eigenvalue weighted by atomic mass is 35.5. The minimum atomic E-state index is -2.91. The second-order valence-electron chi connectivity index (χ2n) is 4.31. The molecular weight excluding hydrogens is 274 g/mol. The number of sulfone groups is 1. The average molecular weight is 290 g/mol. The van der Waals surface area contributed by atoms with E-state index in [1.807, 2.05) is 11.8 Å². The molecule has 0 N–H and O–H groups in total. The van der Waals surface area contributed by atoms with Crippen LogP contribution in [0.25, 0.3) is 0 Å². The summed E-state index contributed by atoms with van der Waals surface area (Å²) in [5, 5.41) is 0.453. The van der Waals surface area contributed by atoms with Crippen molar-refractivity contribution in [2.75, 3.05) is 29.5 Å². The first-order chi connectivity index (χ1) is 8.53. The second-order valence-corrected chi connectivity index (χ2v) is 6.97. The van der Waals surface area contributed by atoms with Crippen LogP contribution in [-0.4, -0.2) is 43.0 Å². The molecule has 0 aliphatic carbocycles. The van der Waals surface area contributed by atoms with Crippen LogP contribution in [-0.2, 0) is 16.3 Å². The Hall–Kier alpha value is -0.880. The Morgan fingerprint density at radius 1 is 1.33 bits per heavy atom. The first-order valence-electron chi connectivity index (χ1n) is 5.98. The SMILES string of the molecule is CCc1c(Cl)ncnc1N1CCCS(=O)(=O)CC1. The van der Waals surface area contributed by atoms with Gasteiger partial charge in [0.15, 0.2) is 9.84 Å². The molecule has 0 unspecified atom stereocenters. The smallest absolute Gasteiger partial charge is 0.152 e. The van der Waals surface area contributed by atoms with E-state index < -0.39 is 9.84 Å². The predicted octanol–water partition coefficient (Wildman–Crippen LogP) is 1.32. The van der Waals surface area contributed by atoms with Gasteiger partial charge in [0.25, 0.3) is 0 Å². The summed E-state index contributed by atoms with van der Waals surface area (Å²) in [5.41, 5.74) is 0.887. The fourth-order valence-corrected chi connectivity index (χ4v) is 3.64. The van der Waals surface area contributed by atoms with Gasteiger partial charge in [-0.1, -0.05) is 18.5 Å². The molecule has 1 aliphatic rings. The van der Waals surface area contributed by atoms with Crippen LogP contribution in [0.5, 0.6) is 0 Å². The summed E-state index contributed by atoms with van der Waals surface area (Å²) in [5.74, 6) is 1.20. The van der Waals surface area contributed by atoms with Gasteiger partial charge in [0.1, 0.15) is 17.3 Å². The van der Waals surface area contributed by atoms with E-state index in [2.05, 4.69) is 9.97 Å². The van der Waals surface area contributed by atoms with Crippen molar-refractivity contribution in [1.29, 1.82) is 0 Å². The summed E-state index contributed by atoms with van der Waals surface area (Å²) in [7, 11) is -2.91. The zero-order chi connectivity index (χ0) is 13.2. The zero-order valence-electron chi connectivity index (χ0n) is 10.3. The molecule has 0 spiro atoms. The van der Waals surface area contributed by atoms with Gasteiger partial charge in [-0.05, 0) is 12.8 Å². The quantitative estimate of drug-likeness (QED) is 0.768. The minimum Gasteiger partial charge on any atom is -0.355 e. The molecule has 0 bridgehead atoms. The van der Waals surface area contributed by atoms with E-state index in [-0.39, 0.29) is 11.5 Å². The zero-order valence-corrected chi connectivity index (χ0v) is 11.8. The second kappa shape index (κ2) is 5.40. The maximum absolute atomic E-state index is 11.6. The van der Waals surface area contributed by atoms with Crippen molar-refractivity contribution in [2.24, 2.45) is 0 Å². The lowest BCUT2D eigenvalue weighted by atomic mass is 10.2. The topological polar surface area (TPSA) is 63.2 Å². The Morgan fingerprint density at radius 3 is 2.83 bits per heavy atom. The molecule has 0 radical (unpaired) electrons. The lowest BCUT2D eigenvalue weighted by Crippen LogP contribution is -2.28. The molecule has 1 fully saturated rings. The number of halogens is 1. The molecule has 5 nitrogen and oxygen atoms in total. The molecule has 0 amide bonds. The Labute approximate surface area is 112 Å². The summed E-state index contributed by atoms with van der Waals surface area (Å²) in [6, 6.07) is 0. The number of hydrogen-bond donors (Lipinski definition) is 0. The van der Waals surface area contributed by atoms with Crippen molar-refractivity contribution < 1.29 is 8.42 Å². The number of rotatable bonds is 2. The van der Waals surface area contributed by atoms with E-state index in [9.17, 15) is 8.42 Å². The van der Waals surface area contributed by atoms with E-state index in [1.165, 1.54) is 6.33 Å². The van der Waals surface area contributed by atoms with Crippen LogP contribution >= 0.6 is 11.6 Å². The standard InChI is InChI=1S/C11H16ClN3O2S/c1-2-9-10(12)13-8-14-11(9)15-4-3-6-18(16,17)7-5-15/h8H,2-7H2,1H3. The predicted molar refractivity (Wildman–Crippen MR) is 71.9 cm³/mol. The number of nitrogens with zero attached hydrogens (tertiary/aromatic N) is 3. The van der Waals surface area contributed by atoms with Crippen LogP contribution in [0.1, 0.15) is 18.9 Å². The summed E-state index contributed by atoms with van der Waals surface area (Å²) < 4.78 is 23.2. The van der Waals surface area contributed by atoms with Gasteiger partial charge in [-0.3, -0.25) is 0 Å². The summed E-state index contributed by atoms with van der Waals surface area (Å²) in [6.07, 6.45) is 2.79. The van der Waals surface area contributed by atoms with Gasteiger partial charge in [-0.15, -0.1) is 0 Å². The maximum Gasteiger partial charge on any atom is 0.152 e. The first kappa shape index (κ1) is 13.5. The highest BCUT2D eigenvalue weighted by Crippen LogP contribution is 2.24. The summed E-state index contributed by atoms with van der Waals surface area (Å²) in [6.45, 7) is 3.16. The monoisotopic (exact) mass is 289 g/mol. The van der Waals surface area contributed by atoms with Gasteiger partial charge in [0.05, 0.1) is 11.5 Å². The fraction of sp³-hybridized carbons (Fsp3) is 0.636. The molecule has 2 heterocycles. The van der Waals surface area contributed by atoms with Crippen LogP contribution in [0.4, 0.5) is 5.82 Å². The molecule has 1 aromatic heterocycles. The molecule has 0 saturated carbocycles. The normalized spacial score (nSPS) is 19.6. The average Bonchev–Trinajstić information content (AvgIpc) is 2.50. The summed E-state index contributed by atoms with van der Waals surface area (Å²) >= 11 is 6.05. The van der Waals surface area contributed by atoms with Crippen LogP contribution in [0, 0.1) is 0 Å². The van der Waals surface area contributed by atoms with E-state index in [0.29, 0.717) is 24.7 Å². The number of aromatic nitrogens is 2. The van der Waals surface area contributed by atoms with Gasteiger partial charge in [0.2, 0.25) is 0 Å². The van der Waals surface area contributed by atoms with Crippen LogP contribution in [0.2, 0.25) is 5.15 Å². The van der Waals surface area contributed by atoms with E-state index >= 15 is 0 Å². The van der Waals surface area contributed by atoms with Crippen molar-refractivity contribution >= 4 is 27.3 Å². The molecular formula is C11H16ClN3O2S. The molecule has 100 valence electrons. The third-order valence-electron chi connectivity index (χ3n) is 3.08. The number of anilines is 1. The third-order valence-corrected chi connectivity index (χ3v) is 5.12.